The summed E-state index contributed by atoms with van der Waals surface area (Å²) in [5.74, 6) is 0.316. The molecular formula is C13H18O2S. The first-order valence-electron chi connectivity index (χ1n) is 5.99. The molecule has 0 spiro atoms. The van der Waals surface area contributed by atoms with E-state index in [9.17, 15) is 4.79 Å². The zero-order chi connectivity index (χ0) is 11.4. The number of carbonyl (C=O) groups is 1. The Morgan fingerprint density at radius 3 is 2.94 bits per heavy atom. The molecule has 1 aliphatic heterocycles. The summed E-state index contributed by atoms with van der Waals surface area (Å²) >= 11 is 1.76. The van der Waals surface area contributed by atoms with Crippen LogP contribution in [0, 0.1) is 0 Å². The lowest BCUT2D eigenvalue weighted by Gasteiger charge is -2.06. The second-order valence-corrected chi connectivity index (χ2v) is 5.53. The summed E-state index contributed by atoms with van der Waals surface area (Å²) in [6.45, 7) is 2.97. The lowest BCUT2D eigenvalue weighted by atomic mass is 10.1. The molecule has 2 heterocycles. The molecule has 0 aliphatic carbocycles. The van der Waals surface area contributed by atoms with Gasteiger partial charge >= 0.3 is 0 Å². The van der Waals surface area contributed by atoms with E-state index in [1.165, 1.54) is 9.75 Å². The molecule has 0 saturated carbocycles. The van der Waals surface area contributed by atoms with Crippen molar-refractivity contribution in [2.75, 3.05) is 6.61 Å². The molecule has 0 radical (unpaired) electrons. The van der Waals surface area contributed by atoms with Gasteiger partial charge in [0.15, 0.2) is 0 Å². The summed E-state index contributed by atoms with van der Waals surface area (Å²) in [4.78, 5) is 14.3. The molecule has 1 fully saturated rings. The Kier molecular flexibility index (Phi) is 4.13. The molecule has 0 N–H and O–H groups in total. The van der Waals surface area contributed by atoms with E-state index in [4.69, 9.17) is 4.74 Å². The van der Waals surface area contributed by atoms with Crippen molar-refractivity contribution in [3.8, 4) is 0 Å². The Bertz CT molecular complexity index is 351. The number of thiophene rings is 1. The number of hydrogen-bond donors (Lipinski definition) is 0. The van der Waals surface area contributed by atoms with Crippen LogP contribution >= 0.6 is 11.3 Å². The number of aryl methyl sites for hydroxylation is 1. The molecule has 1 aromatic rings. The first-order chi connectivity index (χ1) is 7.78. The van der Waals surface area contributed by atoms with Gasteiger partial charge in [-0.1, -0.05) is 6.92 Å². The molecular weight excluding hydrogens is 220 g/mol. The van der Waals surface area contributed by atoms with Crippen LogP contribution in [0.1, 0.15) is 35.9 Å². The molecule has 0 aromatic carbocycles. The predicted molar refractivity (Wildman–Crippen MR) is 66.0 cm³/mol. The highest BCUT2D eigenvalue weighted by Crippen LogP contribution is 2.20. The van der Waals surface area contributed by atoms with Crippen LogP contribution in [0.15, 0.2) is 12.1 Å². The van der Waals surface area contributed by atoms with Gasteiger partial charge in [-0.25, -0.2) is 0 Å². The molecule has 1 unspecified atom stereocenters. The van der Waals surface area contributed by atoms with Crippen molar-refractivity contribution >= 4 is 17.1 Å². The third kappa shape index (κ3) is 3.16. The van der Waals surface area contributed by atoms with Gasteiger partial charge in [0.25, 0.3) is 0 Å². The van der Waals surface area contributed by atoms with Gasteiger partial charge < -0.3 is 4.74 Å². The third-order valence-electron chi connectivity index (χ3n) is 2.92. The Morgan fingerprint density at radius 1 is 1.50 bits per heavy atom. The largest absolute Gasteiger partial charge is 0.378 e. The Balaban J connectivity index is 1.81. The van der Waals surface area contributed by atoms with Crippen LogP contribution in [0.4, 0.5) is 0 Å². The molecule has 88 valence electrons. The van der Waals surface area contributed by atoms with Gasteiger partial charge in [0.05, 0.1) is 6.10 Å². The molecule has 2 nitrogen and oxygen atoms in total. The van der Waals surface area contributed by atoms with Crippen LogP contribution < -0.4 is 0 Å². The van der Waals surface area contributed by atoms with Crippen LogP contribution in [0.3, 0.4) is 0 Å². The first-order valence-corrected chi connectivity index (χ1v) is 6.80. The Morgan fingerprint density at radius 2 is 2.31 bits per heavy atom. The molecule has 1 atom stereocenters. The summed E-state index contributed by atoms with van der Waals surface area (Å²) in [5, 5.41) is 0. The van der Waals surface area contributed by atoms with Crippen LogP contribution in [0.2, 0.25) is 0 Å². The topological polar surface area (TPSA) is 26.3 Å². The lowest BCUT2D eigenvalue weighted by molar-refractivity contribution is -0.120. The molecule has 3 heteroatoms. The van der Waals surface area contributed by atoms with Crippen molar-refractivity contribution in [1.29, 1.82) is 0 Å². The standard InChI is InChI=1S/C13H18O2S/c1-2-12-5-6-13(16-12)9-10(14)8-11-4-3-7-15-11/h5-6,11H,2-4,7-9H2,1H3. The van der Waals surface area contributed by atoms with Crippen molar-refractivity contribution < 1.29 is 9.53 Å². The number of ether oxygens (including phenoxy) is 1. The fraction of sp³-hybridized carbons (Fsp3) is 0.615. The van der Waals surface area contributed by atoms with E-state index < -0.39 is 0 Å². The number of Topliss-reactive ketones (excluding diaryl/α,β-unsaturated/α-hetero) is 1. The van der Waals surface area contributed by atoms with Gasteiger partial charge in [0.1, 0.15) is 5.78 Å². The first kappa shape index (κ1) is 11.8. The predicted octanol–water partition coefficient (Wildman–Crippen LogP) is 2.99. The summed E-state index contributed by atoms with van der Waals surface area (Å²) in [5.41, 5.74) is 0. The minimum absolute atomic E-state index is 0.193. The van der Waals surface area contributed by atoms with Crippen molar-refractivity contribution in [1.82, 2.24) is 0 Å². The third-order valence-corrected chi connectivity index (χ3v) is 4.15. The van der Waals surface area contributed by atoms with Crippen LogP contribution in [0.5, 0.6) is 0 Å². The Hall–Kier alpha value is -0.670. The van der Waals surface area contributed by atoms with Crippen LogP contribution in [-0.2, 0) is 22.4 Å². The average molecular weight is 238 g/mol. The number of carbonyl (C=O) groups excluding carboxylic acids is 1. The van der Waals surface area contributed by atoms with E-state index in [0.717, 1.165) is 25.9 Å². The molecule has 1 saturated heterocycles. The highest BCUT2D eigenvalue weighted by Gasteiger charge is 2.19. The van der Waals surface area contributed by atoms with Crippen LogP contribution in [-0.4, -0.2) is 18.5 Å². The van der Waals surface area contributed by atoms with Crippen LogP contribution in [0.25, 0.3) is 0 Å². The van der Waals surface area contributed by atoms with Gasteiger partial charge in [-0.15, -0.1) is 11.3 Å². The van der Waals surface area contributed by atoms with E-state index in [-0.39, 0.29) is 6.10 Å². The van der Waals surface area contributed by atoms with Crippen molar-refractivity contribution in [3.63, 3.8) is 0 Å². The smallest absolute Gasteiger partial charge is 0.140 e. The maximum atomic E-state index is 11.8. The summed E-state index contributed by atoms with van der Waals surface area (Å²) in [6.07, 6.45) is 4.60. The minimum atomic E-state index is 0.193. The lowest BCUT2D eigenvalue weighted by Crippen LogP contribution is -2.13. The van der Waals surface area contributed by atoms with Gasteiger partial charge in [-0.05, 0) is 31.4 Å². The van der Waals surface area contributed by atoms with E-state index in [2.05, 4.69) is 19.1 Å². The fourth-order valence-electron chi connectivity index (χ4n) is 2.03. The molecule has 0 amide bonds. The van der Waals surface area contributed by atoms with Gasteiger partial charge in [0.2, 0.25) is 0 Å². The average Bonchev–Trinajstić information content (AvgIpc) is 2.89. The zero-order valence-corrected chi connectivity index (χ0v) is 10.5. The second-order valence-electron chi connectivity index (χ2n) is 4.28. The number of hydrogen-bond acceptors (Lipinski definition) is 3. The van der Waals surface area contributed by atoms with Crippen molar-refractivity contribution in [2.45, 2.75) is 45.1 Å². The summed E-state index contributed by atoms with van der Waals surface area (Å²) < 4.78 is 5.47. The van der Waals surface area contributed by atoms with Gasteiger partial charge in [-0.2, -0.15) is 0 Å². The van der Waals surface area contributed by atoms with E-state index in [0.29, 0.717) is 18.6 Å². The quantitative estimate of drug-likeness (QED) is 0.788. The van der Waals surface area contributed by atoms with E-state index in [1.807, 2.05) is 0 Å². The minimum Gasteiger partial charge on any atom is -0.378 e. The zero-order valence-electron chi connectivity index (χ0n) is 9.70. The molecule has 16 heavy (non-hydrogen) atoms. The van der Waals surface area contributed by atoms with E-state index in [1.54, 1.807) is 11.3 Å². The maximum Gasteiger partial charge on any atom is 0.140 e. The second kappa shape index (κ2) is 5.60. The fourth-order valence-corrected chi connectivity index (χ4v) is 3.02. The molecule has 0 bridgehead atoms. The van der Waals surface area contributed by atoms with Gasteiger partial charge in [-0.3, -0.25) is 4.79 Å². The summed E-state index contributed by atoms with van der Waals surface area (Å²) in [6, 6.07) is 4.20. The number of ketones is 1. The normalized spacial score (nSPS) is 20.2. The molecule has 2 rings (SSSR count). The monoisotopic (exact) mass is 238 g/mol. The maximum absolute atomic E-state index is 11.8. The highest BCUT2D eigenvalue weighted by atomic mass is 32.1. The van der Waals surface area contributed by atoms with E-state index >= 15 is 0 Å². The highest BCUT2D eigenvalue weighted by molar-refractivity contribution is 7.12. The molecule has 1 aromatic heterocycles. The Labute approximate surface area is 101 Å². The van der Waals surface area contributed by atoms with Crippen molar-refractivity contribution in [2.24, 2.45) is 0 Å². The summed E-state index contributed by atoms with van der Waals surface area (Å²) in [7, 11) is 0. The van der Waals surface area contributed by atoms with Crippen molar-refractivity contribution in [3.05, 3.63) is 21.9 Å². The number of rotatable bonds is 5. The molecule has 1 aliphatic rings. The SMILES string of the molecule is CCc1ccc(CC(=O)CC2CCCO2)s1. The van der Waals surface area contributed by atoms with Gasteiger partial charge in [0, 0.05) is 29.2 Å².